The Morgan fingerprint density at radius 2 is 1.91 bits per heavy atom. The predicted molar refractivity (Wildman–Crippen MR) is 87.0 cm³/mol. The molecule has 2 aliphatic rings. The van der Waals surface area contributed by atoms with E-state index in [9.17, 15) is 4.79 Å². The fourth-order valence-electron chi connectivity index (χ4n) is 4.06. The fraction of sp³-hybridized carbons (Fsp3) is 0.611. The summed E-state index contributed by atoms with van der Waals surface area (Å²) in [6, 6.07) is 9.67. The van der Waals surface area contributed by atoms with Gasteiger partial charge in [-0.25, -0.2) is 0 Å². The molecular formula is C18H26N2O2. The number of hydrogen-bond donors (Lipinski definition) is 0. The molecule has 2 fully saturated rings. The van der Waals surface area contributed by atoms with E-state index in [0.717, 1.165) is 44.8 Å². The van der Waals surface area contributed by atoms with Gasteiger partial charge in [0.1, 0.15) is 0 Å². The maximum atomic E-state index is 12.7. The van der Waals surface area contributed by atoms with Gasteiger partial charge in [0, 0.05) is 37.8 Å². The van der Waals surface area contributed by atoms with Gasteiger partial charge in [-0.15, -0.1) is 0 Å². The van der Waals surface area contributed by atoms with E-state index >= 15 is 0 Å². The first kappa shape index (κ1) is 15.5. The summed E-state index contributed by atoms with van der Waals surface area (Å²) in [5, 5.41) is 0. The van der Waals surface area contributed by atoms with Crippen molar-refractivity contribution in [2.75, 3.05) is 39.9 Å². The molecule has 1 spiro atoms. The Balaban J connectivity index is 1.72. The Hall–Kier alpha value is -1.39. The molecule has 0 radical (unpaired) electrons. The first-order valence-electron chi connectivity index (χ1n) is 8.33. The van der Waals surface area contributed by atoms with Crippen LogP contribution in [0.3, 0.4) is 0 Å². The van der Waals surface area contributed by atoms with Gasteiger partial charge in [0.05, 0.1) is 6.61 Å². The highest BCUT2D eigenvalue weighted by Crippen LogP contribution is 2.37. The van der Waals surface area contributed by atoms with Crippen LogP contribution in [0.4, 0.5) is 0 Å². The second-order valence-corrected chi connectivity index (χ2v) is 6.50. The Kier molecular flexibility index (Phi) is 4.79. The predicted octanol–water partition coefficient (Wildman–Crippen LogP) is 2.40. The quantitative estimate of drug-likeness (QED) is 0.856. The number of ether oxygens (including phenoxy) is 1. The van der Waals surface area contributed by atoms with Crippen molar-refractivity contribution in [1.29, 1.82) is 0 Å². The second kappa shape index (κ2) is 6.80. The number of likely N-dealkylation sites (tertiary alicyclic amines) is 2. The summed E-state index contributed by atoms with van der Waals surface area (Å²) in [6.45, 7) is 4.63. The number of carbonyl (C=O) groups is 1. The van der Waals surface area contributed by atoms with E-state index in [2.05, 4.69) is 9.80 Å². The van der Waals surface area contributed by atoms with Gasteiger partial charge in [-0.1, -0.05) is 18.2 Å². The second-order valence-electron chi connectivity index (χ2n) is 6.50. The maximum Gasteiger partial charge on any atom is 0.253 e. The molecule has 0 aliphatic carbocycles. The van der Waals surface area contributed by atoms with Gasteiger partial charge >= 0.3 is 0 Å². The molecule has 1 atom stereocenters. The van der Waals surface area contributed by atoms with Crippen molar-refractivity contribution in [3.63, 3.8) is 0 Å². The van der Waals surface area contributed by atoms with E-state index < -0.39 is 0 Å². The van der Waals surface area contributed by atoms with Crippen molar-refractivity contribution in [2.24, 2.45) is 0 Å². The molecule has 4 nitrogen and oxygen atoms in total. The Labute approximate surface area is 133 Å². The van der Waals surface area contributed by atoms with Crippen molar-refractivity contribution < 1.29 is 9.53 Å². The third-order valence-corrected chi connectivity index (χ3v) is 5.17. The third-order valence-electron chi connectivity index (χ3n) is 5.17. The molecule has 4 heteroatoms. The fourth-order valence-corrected chi connectivity index (χ4v) is 4.06. The van der Waals surface area contributed by atoms with E-state index in [0.29, 0.717) is 0 Å². The zero-order chi connectivity index (χ0) is 15.4. The average Bonchev–Trinajstić information content (AvgIpc) is 2.94. The van der Waals surface area contributed by atoms with Gasteiger partial charge < -0.3 is 9.64 Å². The van der Waals surface area contributed by atoms with Crippen molar-refractivity contribution in [2.45, 2.75) is 31.2 Å². The number of carbonyl (C=O) groups excluding carboxylic acids is 1. The zero-order valence-electron chi connectivity index (χ0n) is 13.5. The topological polar surface area (TPSA) is 32.8 Å². The highest BCUT2D eigenvalue weighted by atomic mass is 16.5. The van der Waals surface area contributed by atoms with E-state index in [1.807, 2.05) is 30.3 Å². The van der Waals surface area contributed by atoms with Crippen LogP contribution in [-0.4, -0.2) is 61.1 Å². The number of nitrogens with zero attached hydrogens (tertiary/aromatic N) is 2. The van der Waals surface area contributed by atoms with Crippen LogP contribution in [0.2, 0.25) is 0 Å². The van der Waals surface area contributed by atoms with E-state index in [1.165, 1.54) is 19.3 Å². The SMILES string of the molecule is COCCN1CCC[C@]12CCCN(C(=O)c1ccccc1)C2. The monoisotopic (exact) mass is 302 g/mol. The zero-order valence-corrected chi connectivity index (χ0v) is 13.5. The summed E-state index contributed by atoms with van der Waals surface area (Å²) < 4.78 is 5.26. The lowest BCUT2D eigenvalue weighted by molar-refractivity contribution is 0.0230. The summed E-state index contributed by atoms with van der Waals surface area (Å²) >= 11 is 0. The van der Waals surface area contributed by atoms with Crippen LogP contribution in [0.25, 0.3) is 0 Å². The van der Waals surface area contributed by atoms with Gasteiger partial charge in [-0.05, 0) is 44.4 Å². The number of amides is 1. The number of piperidine rings is 1. The molecular weight excluding hydrogens is 276 g/mol. The molecule has 0 aromatic heterocycles. The number of benzene rings is 1. The molecule has 0 saturated carbocycles. The van der Waals surface area contributed by atoms with E-state index in [-0.39, 0.29) is 11.4 Å². The van der Waals surface area contributed by atoms with Crippen LogP contribution in [0.15, 0.2) is 30.3 Å². The van der Waals surface area contributed by atoms with Crippen LogP contribution in [0.1, 0.15) is 36.0 Å². The van der Waals surface area contributed by atoms with E-state index in [4.69, 9.17) is 4.74 Å². The van der Waals surface area contributed by atoms with Gasteiger partial charge in [0.2, 0.25) is 0 Å². The molecule has 2 heterocycles. The smallest absolute Gasteiger partial charge is 0.253 e. The minimum Gasteiger partial charge on any atom is -0.383 e. The number of rotatable bonds is 4. The average molecular weight is 302 g/mol. The first-order valence-corrected chi connectivity index (χ1v) is 8.33. The molecule has 1 aromatic carbocycles. The van der Waals surface area contributed by atoms with Crippen LogP contribution in [-0.2, 0) is 4.74 Å². The summed E-state index contributed by atoms with van der Waals surface area (Å²) in [4.78, 5) is 17.4. The van der Waals surface area contributed by atoms with Crippen LogP contribution < -0.4 is 0 Å². The van der Waals surface area contributed by atoms with Gasteiger partial charge in [0.15, 0.2) is 0 Å². The molecule has 3 rings (SSSR count). The number of methoxy groups -OCH3 is 1. The molecule has 22 heavy (non-hydrogen) atoms. The van der Waals surface area contributed by atoms with Crippen molar-refractivity contribution in [1.82, 2.24) is 9.80 Å². The first-order chi connectivity index (χ1) is 10.7. The van der Waals surface area contributed by atoms with Crippen LogP contribution in [0.5, 0.6) is 0 Å². The lowest BCUT2D eigenvalue weighted by Crippen LogP contribution is -2.57. The molecule has 2 saturated heterocycles. The van der Waals surface area contributed by atoms with Crippen molar-refractivity contribution >= 4 is 5.91 Å². The highest BCUT2D eigenvalue weighted by Gasteiger charge is 2.44. The number of hydrogen-bond acceptors (Lipinski definition) is 3. The lowest BCUT2D eigenvalue weighted by Gasteiger charge is -2.46. The van der Waals surface area contributed by atoms with Gasteiger partial charge in [-0.3, -0.25) is 9.69 Å². The third kappa shape index (κ3) is 3.03. The van der Waals surface area contributed by atoms with E-state index in [1.54, 1.807) is 7.11 Å². The summed E-state index contributed by atoms with van der Waals surface area (Å²) in [5.41, 5.74) is 0.988. The molecule has 0 unspecified atom stereocenters. The summed E-state index contributed by atoms with van der Waals surface area (Å²) in [7, 11) is 1.76. The van der Waals surface area contributed by atoms with Crippen molar-refractivity contribution in [3.05, 3.63) is 35.9 Å². The van der Waals surface area contributed by atoms with Gasteiger partial charge in [0.25, 0.3) is 5.91 Å². The van der Waals surface area contributed by atoms with Gasteiger partial charge in [-0.2, -0.15) is 0 Å². The largest absolute Gasteiger partial charge is 0.383 e. The molecule has 0 bridgehead atoms. The standard InChI is InChI=1S/C18H26N2O2/c1-22-14-13-20-12-6-10-18(20)9-5-11-19(15-18)17(21)16-7-3-2-4-8-16/h2-4,7-8H,5-6,9-15H2,1H3/t18-/m0/s1. The molecule has 1 amide bonds. The summed E-state index contributed by atoms with van der Waals surface area (Å²) in [5.74, 6) is 0.179. The van der Waals surface area contributed by atoms with Crippen LogP contribution >= 0.6 is 0 Å². The normalized spacial score (nSPS) is 25.8. The minimum atomic E-state index is 0.179. The Morgan fingerprint density at radius 1 is 1.18 bits per heavy atom. The minimum absolute atomic E-state index is 0.179. The Morgan fingerprint density at radius 3 is 2.64 bits per heavy atom. The van der Waals surface area contributed by atoms with Crippen molar-refractivity contribution in [3.8, 4) is 0 Å². The molecule has 1 aromatic rings. The molecule has 2 aliphatic heterocycles. The Bertz CT molecular complexity index is 505. The molecule has 0 N–H and O–H groups in total. The lowest BCUT2D eigenvalue weighted by atomic mass is 9.86. The highest BCUT2D eigenvalue weighted by molar-refractivity contribution is 5.94. The van der Waals surface area contributed by atoms with Crippen LogP contribution in [0, 0.1) is 0 Å². The maximum absolute atomic E-state index is 12.7. The summed E-state index contributed by atoms with van der Waals surface area (Å²) in [6.07, 6.45) is 4.74. The molecule has 120 valence electrons.